The molecule has 1 amide bonds. The van der Waals surface area contributed by atoms with Crippen molar-refractivity contribution in [3.8, 4) is 11.4 Å². The molecule has 1 fully saturated rings. The fraction of sp³-hybridized carbons (Fsp3) is 0.323. The minimum atomic E-state index is -0.534. The quantitative estimate of drug-likeness (QED) is 0.235. The van der Waals surface area contributed by atoms with E-state index in [1.54, 1.807) is 6.92 Å². The van der Waals surface area contributed by atoms with Crippen molar-refractivity contribution in [3.63, 3.8) is 0 Å². The maximum absolute atomic E-state index is 12.5. The molecule has 2 heterocycles. The molecule has 0 saturated carbocycles. The molecule has 39 heavy (non-hydrogen) atoms. The monoisotopic (exact) mass is 561 g/mol. The Bertz CT molecular complexity index is 1390. The first-order valence-electron chi connectivity index (χ1n) is 13.4. The predicted molar refractivity (Wildman–Crippen MR) is 157 cm³/mol. The molecule has 2 atom stereocenters. The van der Waals surface area contributed by atoms with Gasteiger partial charge in [0.1, 0.15) is 6.33 Å². The van der Waals surface area contributed by atoms with E-state index in [9.17, 15) is 4.79 Å². The van der Waals surface area contributed by atoms with Gasteiger partial charge in [-0.25, -0.2) is 0 Å². The van der Waals surface area contributed by atoms with Crippen LogP contribution in [0.2, 0.25) is 10.0 Å². The lowest BCUT2D eigenvalue weighted by Crippen LogP contribution is -2.57. The number of nitrogens with zero attached hydrogens (tertiary/aromatic N) is 4. The van der Waals surface area contributed by atoms with Gasteiger partial charge in [-0.05, 0) is 49.1 Å². The van der Waals surface area contributed by atoms with Gasteiger partial charge in [-0.1, -0.05) is 89.9 Å². The number of hydrogen-bond acceptors (Lipinski definition) is 4. The van der Waals surface area contributed by atoms with E-state index in [-0.39, 0.29) is 11.8 Å². The maximum Gasteiger partial charge on any atom is 0.217 e. The summed E-state index contributed by atoms with van der Waals surface area (Å²) in [6.07, 6.45) is 4.66. The highest BCUT2D eigenvalue weighted by Gasteiger charge is 2.45. The van der Waals surface area contributed by atoms with Gasteiger partial charge in [0.2, 0.25) is 5.91 Å². The van der Waals surface area contributed by atoms with Crippen LogP contribution < -0.4 is 5.32 Å². The number of aryl methyl sites for hydroxylation is 1. The Balaban J connectivity index is 1.32. The molecule has 1 aliphatic rings. The van der Waals surface area contributed by atoms with Crippen LogP contribution >= 0.6 is 23.2 Å². The molecular formula is C31H33Cl2N5O. The molecule has 0 spiro atoms. The van der Waals surface area contributed by atoms with Crippen molar-refractivity contribution in [2.24, 2.45) is 0 Å². The van der Waals surface area contributed by atoms with Crippen LogP contribution in [0, 0.1) is 0 Å². The maximum atomic E-state index is 12.5. The van der Waals surface area contributed by atoms with Crippen molar-refractivity contribution in [3.05, 3.63) is 106 Å². The number of unbranched alkanes of at least 4 members (excludes halogenated alkanes) is 1. The molecule has 1 aromatic heterocycles. The number of aromatic nitrogens is 3. The fourth-order valence-electron chi connectivity index (χ4n) is 5.80. The number of amides is 1. The summed E-state index contributed by atoms with van der Waals surface area (Å²) in [5.41, 5.74) is 2.72. The number of likely N-dealkylation sites (tertiary alicyclic amines) is 1. The summed E-state index contributed by atoms with van der Waals surface area (Å²) in [6.45, 7) is 5.11. The van der Waals surface area contributed by atoms with Crippen LogP contribution in [-0.2, 0) is 16.9 Å². The number of rotatable bonds is 9. The molecule has 8 heteroatoms. The largest absolute Gasteiger partial charge is 0.346 e. The van der Waals surface area contributed by atoms with Gasteiger partial charge >= 0.3 is 0 Å². The van der Waals surface area contributed by atoms with Gasteiger partial charge in [0.05, 0.1) is 15.6 Å². The molecule has 0 bridgehead atoms. The lowest BCUT2D eigenvalue weighted by molar-refractivity contribution is -0.122. The third-order valence-electron chi connectivity index (χ3n) is 7.66. The van der Waals surface area contributed by atoms with E-state index in [1.165, 1.54) is 0 Å². The van der Waals surface area contributed by atoms with E-state index in [4.69, 9.17) is 23.2 Å². The van der Waals surface area contributed by atoms with Crippen LogP contribution in [-0.4, -0.2) is 45.2 Å². The second-order valence-corrected chi connectivity index (χ2v) is 11.0. The smallest absolute Gasteiger partial charge is 0.217 e. The van der Waals surface area contributed by atoms with Crippen molar-refractivity contribution < 1.29 is 4.79 Å². The number of carbonyl (C=O) groups is 1. The van der Waals surface area contributed by atoms with Gasteiger partial charge in [0.25, 0.3) is 0 Å². The van der Waals surface area contributed by atoms with Gasteiger partial charge in [-0.2, -0.15) is 0 Å². The van der Waals surface area contributed by atoms with Gasteiger partial charge < -0.3 is 14.8 Å². The average Bonchev–Trinajstić information content (AvgIpc) is 3.42. The highest BCUT2D eigenvalue weighted by atomic mass is 35.5. The van der Waals surface area contributed by atoms with Crippen LogP contribution in [0.15, 0.2) is 85.2 Å². The Kier molecular flexibility index (Phi) is 8.66. The summed E-state index contributed by atoms with van der Waals surface area (Å²) in [5, 5.41) is 12.9. The number of hydrogen-bond donors (Lipinski definition) is 1. The Morgan fingerprint density at radius 2 is 1.69 bits per heavy atom. The van der Waals surface area contributed by atoms with Crippen molar-refractivity contribution in [1.29, 1.82) is 0 Å². The first-order chi connectivity index (χ1) is 19.0. The van der Waals surface area contributed by atoms with Crippen molar-refractivity contribution >= 4 is 29.1 Å². The molecule has 5 rings (SSSR count). The Hall–Kier alpha value is -3.19. The number of benzene rings is 3. The van der Waals surface area contributed by atoms with Gasteiger partial charge in [-0.3, -0.25) is 4.79 Å². The minimum Gasteiger partial charge on any atom is -0.346 e. The molecule has 0 radical (unpaired) electrons. The third kappa shape index (κ3) is 6.19. The van der Waals surface area contributed by atoms with Gasteiger partial charge in [0.15, 0.2) is 5.82 Å². The van der Waals surface area contributed by atoms with E-state index in [2.05, 4.69) is 49.2 Å². The molecule has 4 aromatic rings. The first kappa shape index (κ1) is 27.4. The Morgan fingerprint density at radius 1 is 0.974 bits per heavy atom. The fourth-order valence-corrected chi connectivity index (χ4v) is 6.11. The summed E-state index contributed by atoms with van der Waals surface area (Å²) in [4.78, 5) is 15.0. The van der Waals surface area contributed by atoms with Crippen LogP contribution in [0.1, 0.15) is 43.2 Å². The van der Waals surface area contributed by atoms with Gasteiger partial charge in [0, 0.05) is 38.0 Å². The zero-order chi connectivity index (χ0) is 27.2. The molecule has 1 aliphatic heterocycles. The van der Waals surface area contributed by atoms with E-state index < -0.39 is 5.54 Å². The normalized spacial score (nSPS) is 19.6. The Labute approximate surface area is 240 Å². The highest BCUT2D eigenvalue weighted by Crippen LogP contribution is 2.44. The number of carbonyl (C=O) groups excluding carboxylic acids is 1. The Morgan fingerprint density at radius 3 is 2.41 bits per heavy atom. The van der Waals surface area contributed by atoms with E-state index in [0.717, 1.165) is 68.0 Å². The zero-order valence-corrected chi connectivity index (χ0v) is 23.6. The first-order valence-corrected chi connectivity index (χ1v) is 14.2. The molecule has 3 aromatic carbocycles. The third-order valence-corrected chi connectivity index (χ3v) is 8.40. The predicted octanol–water partition coefficient (Wildman–Crippen LogP) is 6.55. The van der Waals surface area contributed by atoms with Crippen LogP contribution in [0.5, 0.6) is 0 Å². The number of halogens is 2. The lowest BCUT2D eigenvalue weighted by Gasteiger charge is -2.49. The van der Waals surface area contributed by atoms with E-state index >= 15 is 0 Å². The van der Waals surface area contributed by atoms with Gasteiger partial charge in [-0.15, -0.1) is 10.2 Å². The minimum absolute atomic E-state index is 0.00912. The number of nitrogens with one attached hydrogen (secondary N) is 1. The molecule has 1 saturated heterocycles. The second kappa shape index (κ2) is 12.3. The van der Waals surface area contributed by atoms with Crippen molar-refractivity contribution in [2.45, 2.75) is 44.2 Å². The van der Waals surface area contributed by atoms with Crippen molar-refractivity contribution in [1.82, 2.24) is 25.0 Å². The zero-order valence-electron chi connectivity index (χ0n) is 22.1. The van der Waals surface area contributed by atoms with E-state index in [1.807, 2.05) is 60.9 Å². The summed E-state index contributed by atoms with van der Waals surface area (Å²) in [6, 6.07) is 26.3. The van der Waals surface area contributed by atoms with E-state index in [0.29, 0.717) is 10.0 Å². The lowest BCUT2D eigenvalue weighted by atomic mass is 9.69. The molecule has 2 unspecified atom stereocenters. The van der Waals surface area contributed by atoms with Crippen LogP contribution in [0.4, 0.5) is 0 Å². The summed E-state index contributed by atoms with van der Waals surface area (Å²) < 4.78 is 2.13. The standard InChI is InChI=1S/C31H33Cl2N5O/c1-23(39)35-31(26-12-6-3-7-13-26)16-19-37(21-27(31)25-14-15-28(32)29(33)20-25)17-8-9-18-38-22-34-36-30(38)24-10-4-2-5-11-24/h2-7,10-15,20,22,27H,8-9,16-19,21H2,1H3,(H,35,39). The molecular weight excluding hydrogens is 529 g/mol. The summed E-state index contributed by atoms with van der Waals surface area (Å²) in [5.74, 6) is 0.867. The van der Waals surface area contributed by atoms with Crippen molar-refractivity contribution in [2.75, 3.05) is 19.6 Å². The summed E-state index contributed by atoms with van der Waals surface area (Å²) in [7, 11) is 0. The molecule has 202 valence electrons. The highest BCUT2D eigenvalue weighted by molar-refractivity contribution is 6.42. The average molecular weight is 563 g/mol. The SMILES string of the molecule is CC(=O)NC1(c2ccccc2)CCN(CCCCn2cnnc2-c2ccccc2)CC1c1ccc(Cl)c(Cl)c1. The molecule has 6 nitrogen and oxygen atoms in total. The van der Waals surface area contributed by atoms with Crippen LogP contribution in [0.3, 0.4) is 0 Å². The molecule has 1 N–H and O–H groups in total. The topological polar surface area (TPSA) is 63.1 Å². The van der Waals surface area contributed by atoms with Crippen LogP contribution in [0.25, 0.3) is 11.4 Å². The molecule has 0 aliphatic carbocycles. The number of piperidine rings is 1. The summed E-state index contributed by atoms with van der Waals surface area (Å²) >= 11 is 12.8. The second-order valence-electron chi connectivity index (χ2n) is 10.2.